The van der Waals surface area contributed by atoms with E-state index < -0.39 is 0 Å². The molecule has 110 valence electrons. The predicted octanol–water partition coefficient (Wildman–Crippen LogP) is 0.818. The van der Waals surface area contributed by atoms with Gasteiger partial charge in [0.1, 0.15) is 6.17 Å². The van der Waals surface area contributed by atoms with Crippen molar-refractivity contribution in [2.75, 3.05) is 39.8 Å². The zero-order chi connectivity index (χ0) is 14.1. The van der Waals surface area contributed by atoms with Gasteiger partial charge in [-0.15, -0.1) is 11.3 Å². The Morgan fingerprint density at radius 1 is 1.50 bits per heavy atom. The fourth-order valence-corrected chi connectivity index (χ4v) is 3.76. The highest BCUT2D eigenvalue weighted by Gasteiger charge is 2.34. The maximum atomic E-state index is 12.1. The first-order valence-electron chi connectivity index (χ1n) is 7.03. The van der Waals surface area contributed by atoms with Gasteiger partial charge in [-0.2, -0.15) is 0 Å². The topological polar surface area (TPSA) is 44.8 Å². The molecule has 2 aliphatic rings. The highest BCUT2D eigenvalue weighted by atomic mass is 32.1. The summed E-state index contributed by atoms with van der Waals surface area (Å²) in [5, 5.41) is 3.30. The predicted molar refractivity (Wildman–Crippen MR) is 78.7 cm³/mol. The molecule has 2 aliphatic heterocycles. The highest BCUT2D eigenvalue weighted by Crippen LogP contribution is 2.29. The molecule has 0 saturated carbocycles. The summed E-state index contributed by atoms with van der Waals surface area (Å²) in [4.78, 5) is 18.8. The number of rotatable bonds is 3. The monoisotopic (exact) mass is 295 g/mol. The lowest BCUT2D eigenvalue weighted by Gasteiger charge is -2.34. The third-order valence-electron chi connectivity index (χ3n) is 3.85. The summed E-state index contributed by atoms with van der Waals surface area (Å²) in [6, 6.07) is 4.21. The van der Waals surface area contributed by atoms with E-state index in [4.69, 9.17) is 4.74 Å². The van der Waals surface area contributed by atoms with Gasteiger partial charge < -0.3 is 14.5 Å². The minimum Gasteiger partial charge on any atom is -0.374 e. The molecule has 0 aromatic carbocycles. The number of amides is 1. The Hall–Kier alpha value is -0.950. The molecule has 0 radical (unpaired) electrons. The molecule has 1 amide bonds. The van der Waals surface area contributed by atoms with Gasteiger partial charge in [0, 0.05) is 22.8 Å². The Labute approximate surface area is 123 Å². The molecule has 2 fully saturated rings. The van der Waals surface area contributed by atoms with Crippen LogP contribution in [0.1, 0.15) is 15.9 Å². The number of hydrogen-bond acceptors (Lipinski definition) is 5. The quantitative estimate of drug-likeness (QED) is 0.897. The fraction of sp³-hybridized carbons (Fsp3) is 0.643. The average Bonchev–Trinajstić information content (AvgIpc) is 2.97. The number of nitrogens with zero attached hydrogens (tertiary/aromatic N) is 2. The number of thiophene rings is 1. The van der Waals surface area contributed by atoms with Crippen molar-refractivity contribution in [3.05, 3.63) is 21.9 Å². The van der Waals surface area contributed by atoms with Crippen LogP contribution in [0.3, 0.4) is 0 Å². The van der Waals surface area contributed by atoms with Crippen molar-refractivity contribution < 1.29 is 9.53 Å². The molecular weight excluding hydrogens is 274 g/mol. The molecule has 6 heteroatoms. The van der Waals surface area contributed by atoms with E-state index in [1.54, 1.807) is 11.3 Å². The van der Waals surface area contributed by atoms with Gasteiger partial charge in [0.15, 0.2) is 0 Å². The number of hydrogen-bond donors (Lipinski definition) is 1. The van der Waals surface area contributed by atoms with Gasteiger partial charge in [-0.25, -0.2) is 0 Å². The number of nitrogens with one attached hydrogen (secondary N) is 1. The van der Waals surface area contributed by atoms with Crippen molar-refractivity contribution in [3.63, 3.8) is 0 Å². The maximum absolute atomic E-state index is 12.1. The molecule has 2 atom stereocenters. The van der Waals surface area contributed by atoms with E-state index >= 15 is 0 Å². The van der Waals surface area contributed by atoms with Crippen LogP contribution in [0, 0.1) is 6.92 Å². The van der Waals surface area contributed by atoms with Gasteiger partial charge in [0.2, 0.25) is 5.91 Å². The summed E-state index contributed by atoms with van der Waals surface area (Å²) in [5.41, 5.74) is 0. The molecule has 2 unspecified atom stereocenters. The first-order chi connectivity index (χ1) is 9.63. The lowest BCUT2D eigenvalue weighted by Crippen LogP contribution is -2.47. The van der Waals surface area contributed by atoms with E-state index in [9.17, 15) is 4.79 Å². The zero-order valence-electron chi connectivity index (χ0n) is 12.0. The van der Waals surface area contributed by atoms with Crippen LogP contribution in [-0.2, 0) is 9.53 Å². The van der Waals surface area contributed by atoms with E-state index in [1.165, 1.54) is 9.75 Å². The zero-order valence-corrected chi connectivity index (χ0v) is 12.8. The first kappa shape index (κ1) is 14.0. The molecule has 0 spiro atoms. The second kappa shape index (κ2) is 5.81. The standard InChI is InChI=1S/C14H21N3O2S/c1-10-3-4-12(20-10)14-15-7-13(18)17(14)9-11-8-16(2)5-6-19-11/h3-4,11,14-15H,5-9H2,1-2H3. The Kier molecular flexibility index (Phi) is 4.07. The Morgan fingerprint density at radius 2 is 2.35 bits per heavy atom. The third kappa shape index (κ3) is 2.88. The van der Waals surface area contributed by atoms with E-state index in [2.05, 4.69) is 36.3 Å². The smallest absolute Gasteiger partial charge is 0.238 e. The highest BCUT2D eigenvalue weighted by molar-refractivity contribution is 7.12. The molecule has 20 heavy (non-hydrogen) atoms. The van der Waals surface area contributed by atoms with Crippen molar-refractivity contribution in [2.45, 2.75) is 19.2 Å². The maximum Gasteiger partial charge on any atom is 0.238 e. The molecule has 2 saturated heterocycles. The summed E-state index contributed by atoms with van der Waals surface area (Å²) < 4.78 is 5.79. The molecule has 3 rings (SSSR count). The molecule has 5 nitrogen and oxygen atoms in total. The Bertz CT molecular complexity index is 491. The number of ether oxygens (including phenoxy) is 1. The van der Waals surface area contributed by atoms with Gasteiger partial charge in [-0.1, -0.05) is 0 Å². The largest absolute Gasteiger partial charge is 0.374 e. The third-order valence-corrected chi connectivity index (χ3v) is 4.90. The van der Waals surface area contributed by atoms with Crippen LogP contribution in [-0.4, -0.2) is 61.6 Å². The van der Waals surface area contributed by atoms with Crippen LogP contribution < -0.4 is 5.32 Å². The van der Waals surface area contributed by atoms with Crippen LogP contribution >= 0.6 is 11.3 Å². The Morgan fingerprint density at radius 3 is 3.05 bits per heavy atom. The lowest BCUT2D eigenvalue weighted by molar-refractivity contribution is -0.131. The van der Waals surface area contributed by atoms with E-state index in [1.807, 2.05) is 4.90 Å². The number of carbonyl (C=O) groups excluding carboxylic acids is 1. The molecular formula is C14H21N3O2S. The first-order valence-corrected chi connectivity index (χ1v) is 7.84. The molecule has 0 bridgehead atoms. The Balaban J connectivity index is 1.70. The van der Waals surface area contributed by atoms with Gasteiger partial charge >= 0.3 is 0 Å². The van der Waals surface area contributed by atoms with Crippen molar-refractivity contribution in [3.8, 4) is 0 Å². The lowest BCUT2D eigenvalue weighted by atomic mass is 10.2. The van der Waals surface area contributed by atoms with Gasteiger partial charge in [0.25, 0.3) is 0 Å². The molecule has 0 aliphatic carbocycles. The summed E-state index contributed by atoms with van der Waals surface area (Å²) in [7, 11) is 2.10. The second-order valence-corrected chi connectivity index (χ2v) is 6.85. The molecule has 3 heterocycles. The summed E-state index contributed by atoms with van der Waals surface area (Å²) in [6.07, 6.45) is 0.123. The minimum absolute atomic E-state index is 0.0111. The van der Waals surface area contributed by atoms with Gasteiger partial charge in [-0.05, 0) is 26.1 Å². The van der Waals surface area contributed by atoms with Crippen molar-refractivity contribution >= 4 is 17.2 Å². The molecule has 1 aromatic rings. The SMILES string of the molecule is Cc1ccc(C2NCC(=O)N2CC2CN(C)CCO2)s1. The van der Waals surface area contributed by atoms with Crippen molar-refractivity contribution in [1.82, 2.24) is 15.1 Å². The van der Waals surface area contributed by atoms with Crippen LogP contribution in [0.4, 0.5) is 0 Å². The average molecular weight is 295 g/mol. The van der Waals surface area contributed by atoms with Gasteiger partial charge in [0.05, 0.1) is 25.8 Å². The minimum atomic E-state index is 0.0111. The van der Waals surface area contributed by atoms with Crippen molar-refractivity contribution in [2.24, 2.45) is 0 Å². The van der Waals surface area contributed by atoms with Crippen LogP contribution in [0.2, 0.25) is 0 Å². The number of carbonyl (C=O) groups is 1. The second-order valence-electron chi connectivity index (χ2n) is 5.53. The van der Waals surface area contributed by atoms with E-state index in [0.29, 0.717) is 13.1 Å². The van der Waals surface area contributed by atoms with Gasteiger partial charge in [-0.3, -0.25) is 10.1 Å². The van der Waals surface area contributed by atoms with Crippen molar-refractivity contribution in [1.29, 1.82) is 0 Å². The summed E-state index contributed by atoms with van der Waals surface area (Å²) in [5.74, 6) is 0.165. The molecule has 1 aromatic heterocycles. The fourth-order valence-electron chi connectivity index (χ4n) is 2.80. The normalized spacial score (nSPS) is 28.3. The van der Waals surface area contributed by atoms with E-state index in [-0.39, 0.29) is 18.2 Å². The summed E-state index contributed by atoms with van der Waals surface area (Å²) >= 11 is 1.75. The summed E-state index contributed by atoms with van der Waals surface area (Å²) in [6.45, 7) is 5.78. The van der Waals surface area contributed by atoms with Crippen LogP contribution in [0.5, 0.6) is 0 Å². The number of morpholine rings is 1. The van der Waals surface area contributed by atoms with E-state index in [0.717, 1.165) is 19.7 Å². The van der Waals surface area contributed by atoms with Crippen LogP contribution in [0.25, 0.3) is 0 Å². The molecule has 1 N–H and O–H groups in total. The number of likely N-dealkylation sites (N-methyl/N-ethyl adjacent to an activating group) is 1. The van der Waals surface area contributed by atoms with Crippen LogP contribution in [0.15, 0.2) is 12.1 Å². The number of aryl methyl sites for hydroxylation is 1.